The molecule has 0 radical (unpaired) electrons. The van der Waals surface area contributed by atoms with Gasteiger partial charge in [-0.15, -0.1) is 0 Å². The Morgan fingerprint density at radius 3 is 2.06 bits per heavy atom. The van der Waals surface area contributed by atoms with E-state index < -0.39 is 80.4 Å². The second-order valence-electron chi connectivity index (χ2n) is 18.7. The summed E-state index contributed by atoms with van der Waals surface area (Å²) in [4.78, 5) is 0. The number of aliphatic hydroxyl groups excluding tert-OH is 7. The summed E-state index contributed by atoms with van der Waals surface area (Å²) in [5.41, 5.74) is 0.448. The van der Waals surface area contributed by atoms with Gasteiger partial charge in [-0.3, -0.25) is 0 Å². The Balaban J connectivity index is 0.917. The molecule has 1 spiro atoms. The lowest BCUT2D eigenvalue weighted by Crippen LogP contribution is -2.65. The molecule has 4 aliphatic heterocycles. The average molecular weight is 741 g/mol. The number of aliphatic hydroxyl groups is 7. The Morgan fingerprint density at radius 1 is 0.673 bits per heavy atom. The molecule has 13 nitrogen and oxygen atoms in total. The first-order valence-corrected chi connectivity index (χ1v) is 20.3. The number of hydrogen-bond donors (Lipinski definition) is 7. The van der Waals surface area contributed by atoms with E-state index >= 15 is 0 Å². The van der Waals surface area contributed by atoms with Crippen molar-refractivity contribution < 1.29 is 64.2 Å². The van der Waals surface area contributed by atoms with Gasteiger partial charge in [-0.05, 0) is 104 Å². The Kier molecular flexibility index (Phi) is 10.4. The lowest BCUT2D eigenvalue weighted by molar-refractivity contribution is -0.365. The second kappa shape index (κ2) is 14.1. The van der Waals surface area contributed by atoms with Crippen LogP contribution >= 0.6 is 0 Å². The van der Waals surface area contributed by atoms with Gasteiger partial charge in [0.25, 0.3) is 0 Å². The Hall–Kier alpha value is -0.520. The van der Waals surface area contributed by atoms with E-state index in [0.29, 0.717) is 41.4 Å². The van der Waals surface area contributed by atoms with Gasteiger partial charge in [0, 0.05) is 12.3 Å². The molecule has 0 aromatic carbocycles. The zero-order valence-corrected chi connectivity index (χ0v) is 31.2. The third-order valence-electron chi connectivity index (χ3n) is 16.2. The van der Waals surface area contributed by atoms with E-state index in [1.807, 2.05) is 0 Å². The van der Waals surface area contributed by atoms with Crippen LogP contribution in [0.15, 0.2) is 0 Å². The molecule has 4 aliphatic carbocycles. The number of hydrogen-bond acceptors (Lipinski definition) is 13. The average Bonchev–Trinajstić information content (AvgIpc) is 3.58. The summed E-state index contributed by atoms with van der Waals surface area (Å²) in [7, 11) is 0. The summed E-state index contributed by atoms with van der Waals surface area (Å²) in [6.45, 7) is 9.32. The molecule has 298 valence electrons. The van der Waals surface area contributed by atoms with E-state index in [1.165, 1.54) is 25.7 Å². The molecule has 8 fully saturated rings. The number of fused-ring (bicyclic) bond motifs is 7. The number of ether oxygens (including phenoxy) is 6. The summed E-state index contributed by atoms with van der Waals surface area (Å²) in [6.07, 6.45) is -3.83. The molecule has 7 N–H and O–H groups in total. The van der Waals surface area contributed by atoms with Crippen molar-refractivity contribution in [2.45, 2.75) is 171 Å². The van der Waals surface area contributed by atoms with Crippen molar-refractivity contribution in [1.82, 2.24) is 0 Å². The second-order valence-corrected chi connectivity index (χ2v) is 18.7. The highest BCUT2D eigenvalue weighted by molar-refractivity contribution is 5.15. The van der Waals surface area contributed by atoms with Crippen LogP contribution in [0.25, 0.3) is 0 Å². The predicted octanol–water partition coefficient (Wildman–Crippen LogP) is 1.44. The van der Waals surface area contributed by atoms with Crippen molar-refractivity contribution in [3.8, 4) is 0 Å². The van der Waals surface area contributed by atoms with Crippen LogP contribution in [-0.2, 0) is 28.4 Å². The van der Waals surface area contributed by atoms with Gasteiger partial charge in [0.15, 0.2) is 18.4 Å². The maximum Gasteiger partial charge on any atom is 0.187 e. The van der Waals surface area contributed by atoms with Gasteiger partial charge in [-0.25, -0.2) is 0 Å². The van der Waals surface area contributed by atoms with Crippen LogP contribution in [0.1, 0.15) is 91.9 Å². The highest BCUT2D eigenvalue weighted by atomic mass is 16.7. The first-order valence-electron chi connectivity index (χ1n) is 20.3. The van der Waals surface area contributed by atoms with Gasteiger partial charge >= 0.3 is 0 Å². The summed E-state index contributed by atoms with van der Waals surface area (Å²) in [5, 5.41) is 73.0. The third-order valence-corrected chi connectivity index (χ3v) is 16.2. The van der Waals surface area contributed by atoms with Crippen molar-refractivity contribution in [1.29, 1.82) is 0 Å². The Morgan fingerprint density at radius 2 is 1.37 bits per heavy atom. The van der Waals surface area contributed by atoms with Crippen LogP contribution < -0.4 is 0 Å². The van der Waals surface area contributed by atoms with Gasteiger partial charge < -0.3 is 64.2 Å². The minimum Gasteiger partial charge on any atom is -0.394 e. The van der Waals surface area contributed by atoms with E-state index in [-0.39, 0.29) is 23.0 Å². The molecule has 4 saturated carbocycles. The van der Waals surface area contributed by atoms with Crippen molar-refractivity contribution in [3.63, 3.8) is 0 Å². The predicted molar refractivity (Wildman–Crippen MR) is 183 cm³/mol. The molecule has 4 heterocycles. The van der Waals surface area contributed by atoms with Crippen LogP contribution in [0.5, 0.6) is 0 Å². The molecule has 0 bridgehead atoms. The molecule has 0 unspecified atom stereocenters. The first-order chi connectivity index (χ1) is 24.7. The van der Waals surface area contributed by atoms with Crippen LogP contribution in [0.3, 0.4) is 0 Å². The van der Waals surface area contributed by atoms with E-state index in [9.17, 15) is 35.7 Å². The summed E-state index contributed by atoms with van der Waals surface area (Å²) >= 11 is 0. The maximum absolute atomic E-state index is 11.4. The number of rotatable bonds is 6. The largest absolute Gasteiger partial charge is 0.394 e. The molecule has 13 heteroatoms. The monoisotopic (exact) mass is 740 g/mol. The molecule has 0 amide bonds. The topological polar surface area (TPSA) is 197 Å². The van der Waals surface area contributed by atoms with E-state index in [1.54, 1.807) is 0 Å². The lowest BCUT2D eigenvalue weighted by atomic mass is 9.44. The van der Waals surface area contributed by atoms with E-state index in [0.717, 1.165) is 45.1 Å². The minimum atomic E-state index is -1.72. The molecule has 0 aromatic rings. The quantitative estimate of drug-likeness (QED) is 0.194. The third kappa shape index (κ3) is 5.98. The Labute approximate surface area is 307 Å². The van der Waals surface area contributed by atoms with Crippen LogP contribution in [0.4, 0.5) is 0 Å². The Bertz CT molecular complexity index is 1260. The van der Waals surface area contributed by atoms with E-state index in [4.69, 9.17) is 28.4 Å². The minimum absolute atomic E-state index is 0.183. The van der Waals surface area contributed by atoms with E-state index in [2.05, 4.69) is 27.7 Å². The maximum atomic E-state index is 11.4. The van der Waals surface area contributed by atoms with Crippen molar-refractivity contribution >= 4 is 0 Å². The molecule has 8 rings (SSSR count). The van der Waals surface area contributed by atoms with Crippen molar-refractivity contribution in [2.75, 3.05) is 19.8 Å². The van der Waals surface area contributed by atoms with Gasteiger partial charge in [0.2, 0.25) is 0 Å². The zero-order valence-electron chi connectivity index (χ0n) is 31.2. The summed E-state index contributed by atoms with van der Waals surface area (Å²) in [6, 6.07) is 0. The highest BCUT2D eigenvalue weighted by Crippen LogP contribution is 2.71. The zero-order chi connectivity index (χ0) is 36.9. The standard InChI is InChI=1S/C39H64O13/c1-18-7-12-39(47-17-18)19(2)28-25(52-39)14-24-22-6-5-20-13-21(8-10-37(20,3)23(22)9-11-38(24,28)4)48-36-33(46)34(30(43)27(16-41)50-36)51-35-32(45)31(44)29(42)26(15-40)49-35/h18-36,40-46H,5-17H2,1-4H3/t18-,19-,20+,21-,22+,23-,24-,25-,26+,27+,28-,29+,30-,31-,32+,33+,34-,35-,36+,37-,38-,39+/m0/s1. The molecular weight excluding hydrogens is 676 g/mol. The molecule has 8 aliphatic rings. The van der Waals surface area contributed by atoms with Gasteiger partial charge in [0.1, 0.15) is 48.8 Å². The summed E-state index contributed by atoms with van der Waals surface area (Å²) in [5.74, 6) is 3.57. The van der Waals surface area contributed by atoms with Gasteiger partial charge in [-0.2, -0.15) is 0 Å². The fraction of sp³-hybridized carbons (Fsp3) is 1.00. The molecule has 0 aromatic heterocycles. The van der Waals surface area contributed by atoms with Gasteiger partial charge in [0.05, 0.1) is 32.0 Å². The highest BCUT2D eigenvalue weighted by Gasteiger charge is 2.69. The summed E-state index contributed by atoms with van der Waals surface area (Å²) < 4.78 is 37.1. The fourth-order valence-electron chi connectivity index (χ4n) is 13.2. The smallest absolute Gasteiger partial charge is 0.187 e. The van der Waals surface area contributed by atoms with Crippen molar-refractivity contribution in [2.24, 2.45) is 52.3 Å². The first kappa shape index (κ1) is 38.4. The van der Waals surface area contributed by atoms with Gasteiger partial charge in [-0.1, -0.05) is 27.7 Å². The van der Waals surface area contributed by atoms with Crippen LogP contribution in [0, 0.1) is 52.3 Å². The molecular formula is C39H64O13. The van der Waals surface area contributed by atoms with Crippen molar-refractivity contribution in [3.05, 3.63) is 0 Å². The molecule has 4 saturated heterocycles. The molecule has 52 heavy (non-hydrogen) atoms. The van der Waals surface area contributed by atoms with Crippen LogP contribution in [-0.4, -0.2) is 135 Å². The normalized spacial score (nSPS) is 59.0. The lowest BCUT2D eigenvalue weighted by Gasteiger charge is -2.61. The fourth-order valence-corrected chi connectivity index (χ4v) is 13.2. The molecule has 22 atom stereocenters. The SMILES string of the molecule is C[C@H]1CC[C@@]2(OC1)O[C@H]1C[C@H]3[C@@H]4CC[C@@H]5C[C@@H](O[C@@H]6O[C@H](CO)[C@H](O)[C@H](O[C@@H]7O[C@H](CO)[C@@H](O)[C@H](O)[C@H]7O)[C@H]6O)CC[C@]5(C)[C@H]4CC[C@]3(C)[C@H]1[C@@H]2C. The van der Waals surface area contributed by atoms with Crippen LogP contribution in [0.2, 0.25) is 0 Å².